The summed E-state index contributed by atoms with van der Waals surface area (Å²) >= 11 is 13.5. The van der Waals surface area contributed by atoms with E-state index in [0.717, 1.165) is 66.6 Å². The van der Waals surface area contributed by atoms with Gasteiger partial charge in [-0.1, -0.05) is 71.7 Å². The SMILES string of the molecule is COC(=O)N[C@H](C(=O)N1[C@@H]2C[C@@H]2C[C@H]1c1nc(-c2ccc(-c3ccc(-c4nc([C@@H]5C[C@H]6C[C@H]6N5C(=O)[C@H]5CCCO5)[nH]c4Cl)cc3)cc2)c(Cl)[nH]1)C1CCOCC1. The topological polar surface area (TPSA) is 155 Å². The number of nitrogens with one attached hydrogen (secondary N) is 3. The van der Waals surface area contributed by atoms with Crippen molar-refractivity contribution < 1.29 is 28.6 Å². The fourth-order valence-electron chi connectivity index (χ4n) is 9.83. The number of aromatic amines is 2. The Labute approximate surface area is 340 Å². The zero-order chi connectivity index (χ0) is 38.9. The summed E-state index contributed by atoms with van der Waals surface area (Å²) in [5, 5.41) is 3.71. The molecule has 4 aliphatic heterocycles. The van der Waals surface area contributed by atoms with Gasteiger partial charge in [-0.2, -0.15) is 0 Å². The zero-order valence-electron chi connectivity index (χ0n) is 31.6. The Kier molecular flexibility index (Phi) is 9.54. The van der Waals surface area contributed by atoms with E-state index in [0.29, 0.717) is 72.0 Å². The highest BCUT2D eigenvalue weighted by atomic mass is 35.5. The number of carbonyl (C=O) groups is 3. The van der Waals surface area contributed by atoms with Gasteiger partial charge >= 0.3 is 6.09 Å². The number of carbonyl (C=O) groups excluding carboxylic acids is 3. The summed E-state index contributed by atoms with van der Waals surface area (Å²) in [4.78, 5) is 60.4. The molecule has 4 saturated heterocycles. The number of likely N-dealkylation sites (tertiary alicyclic amines) is 2. The summed E-state index contributed by atoms with van der Waals surface area (Å²) in [6, 6.07) is 15.5. The first kappa shape index (κ1) is 36.9. The lowest BCUT2D eigenvalue weighted by Crippen LogP contribution is -2.54. The van der Waals surface area contributed by atoms with Crippen molar-refractivity contribution in [3.05, 3.63) is 70.5 Å². The van der Waals surface area contributed by atoms with Gasteiger partial charge in [0.15, 0.2) is 0 Å². The van der Waals surface area contributed by atoms with E-state index in [9.17, 15) is 14.4 Å². The van der Waals surface area contributed by atoms with Gasteiger partial charge in [0.05, 0.1) is 19.2 Å². The molecule has 2 aromatic heterocycles. The Morgan fingerprint density at radius 3 is 1.81 bits per heavy atom. The molecule has 10 rings (SSSR count). The van der Waals surface area contributed by atoms with Crippen LogP contribution >= 0.6 is 23.2 Å². The molecule has 0 radical (unpaired) electrons. The van der Waals surface area contributed by atoms with Gasteiger partial charge in [0.2, 0.25) is 5.91 Å². The predicted octanol–water partition coefficient (Wildman–Crippen LogP) is 7.09. The molecule has 15 heteroatoms. The van der Waals surface area contributed by atoms with E-state index in [2.05, 4.69) is 15.3 Å². The second-order valence-corrected chi connectivity index (χ2v) is 17.2. The molecule has 2 saturated carbocycles. The number of aromatic nitrogens is 4. The minimum atomic E-state index is -0.703. The van der Waals surface area contributed by atoms with Crippen molar-refractivity contribution in [1.29, 1.82) is 0 Å². The maximum atomic E-state index is 14.2. The van der Waals surface area contributed by atoms with Crippen LogP contribution in [0.15, 0.2) is 48.5 Å². The summed E-state index contributed by atoms with van der Waals surface area (Å²) in [5.41, 5.74) is 5.06. The zero-order valence-corrected chi connectivity index (χ0v) is 33.1. The standard InChI is InChI=1S/C42H45Cl2N7O6/c1-55-42(54)47-35(25-12-15-56-16-13-25)41(53)51-29-18-27(29)20-31(51)39-46-34(37(44)49-39)24-10-6-22(7-11-24)21-4-8-23(9-5-21)33-36(43)48-38(45-33)30-19-26-17-28(26)50(30)40(52)32-3-2-14-57-32/h4-11,25-32,35H,2-3,12-20H2,1H3,(H,45,48)(H,46,49)(H,47,54)/t26-,27-,28-,29-,30+,31+,32-,35+/m1/s1. The number of methoxy groups -OCH3 is 1. The normalized spacial score (nSPS) is 28.2. The molecule has 2 aliphatic carbocycles. The van der Waals surface area contributed by atoms with Crippen molar-refractivity contribution in [1.82, 2.24) is 35.1 Å². The highest BCUT2D eigenvalue weighted by Gasteiger charge is 2.58. The third-order valence-corrected chi connectivity index (χ3v) is 13.6. The molecule has 3 amide bonds. The molecule has 57 heavy (non-hydrogen) atoms. The minimum absolute atomic E-state index is 0.0428. The molecule has 0 spiro atoms. The monoisotopic (exact) mass is 813 g/mol. The van der Waals surface area contributed by atoms with Gasteiger partial charge in [0.25, 0.3) is 5.91 Å². The summed E-state index contributed by atoms with van der Waals surface area (Å²) in [5.74, 6) is 2.21. The van der Waals surface area contributed by atoms with Crippen LogP contribution in [0.4, 0.5) is 4.79 Å². The minimum Gasteiger partial charge on any atom is -0.453 e. The van der Waals surface area contributed by atoms with Crippen molar-refractivity contribution in [3.8, 4) is 33.6 Å². The van der Waals surface area contributed by atoms with Gasteiger partial charge in [-0.3, -0.25) is 9.59 Å². The van der Waals surface area contributed by atoms with Crippen molar-refractivity contribution in [2.45, 2.75) is 87.7 Å². The fourth-order valence-corrected chi connectivity index (χ4v) is 10.3. The lowest BCUT2D eigenvalue weighted by Gasteiger charge is -2.35. The highest BCUT2D eigenvalue weighted by Crippen LogP contribution is 2.55. The number of rotatable bonds is 9. The smallest absolute Gasteiger partial charge is 0.407 e. The highest BCUT2D eigenvalue weighted by molar-refractivity contribution is 6.32. The van der Waals surface area contributed by atoms with Gasteiger partial charge in [0, 0.05) is 43.0 Å². The summed E-state index contributed by atoms with van der Waals surface area (Å²) in [6.07, 6.45) is 5.76. The Bertz CT molecular complexity index is 2180. The van der Waals surface area contributed by atoms with Crippen LogP contribution in [0, 0.1) is 17.8 Å². The molecular weight excluding hydrogens is 769 g/mol. The number of hydrogen-bond donors (Lipinski definition) is 3. The van der Waals surface area contributed by atoms with Crippen LogP contribution in [0.5, 0.6) is 0 Å². The molecule has 3 N–H and O–H groups in total. The number of amides is 3. The van der Waals surface area contributed by atoms with Crippen molar-refractivity contribution in [2.75, 3.05) is 26.9 Å². The van der Waals surface area contributed by atoms with Crippen LogP contribution in [0.1, 0.15) is 75.1 Å². The van der Waals surface area contributed by atoms with Crippen molar-refractivity contribution in [2.24, 2.45) is 17.8 Å². The van der Waals surface area contributed by atoms with Crippen molar-refractivity contribution >= 4 is 41.1 Å². The number of nitrogens with zero attached hydrogens (tertiary/aromatic N) is 4. The van der Waals surface area contributed by atoms with Crippen LogP contribution in [0.25, 0.3) is 33.6 Å². The van der Waals surface area contributed by atoms with E-state index in [-0.39, 0.29) is 48.0 Å². The lowest BCUT2D eigenvalue weighted by molar-refractivity contribution is -0.143. The average Bonchev–Trinajstić information content (AvgIpc) is 3.72. The van der Waals surface area contributed by atoms with E-state index in [1.165, 1.54) is 7.11 Å². The number of halogens is 2. The van der Waals surface area contributed by atoms with Crippen LogP contribution in [-0.2, 0) is 23.8 Å². The summed E-state index contributed by atoms with van der Waals surface area (Å²) in [6.45, 7) is 1.75. The number of fused-ring (bicyclic) bond motifs is 2. The Balaban J connectivity index is 0.837. The number of benzene rings is 2. The van der Waals surface area contributed by atoms with Crippen LogP contribution in [0.2, 0.25) is 10.3 Å². The molecular formula is C42H45Cl2N7O6. The molecule has 2 aromatic carbocycles. The number of alkyl carbamates (subject to hydrolysis) is 1. The third kappa shape index (κ3) is 6.79. The van der Waals surface area contributed by atoms with Crippen molar-refractivity contribution in [3.63, 3.8) is 0 Å². The first-order valence-corrected chi connectivity index (χ1v) is 20.9. The predicted molar refractivity (Wildman–Crippen MR) is 211 cm³/mol. The first-order valence-electron chi connectivity index (χ1n) is 20.2. The van der Waals surface area contributed by atoms with Crippen LogP contribution in [0.3, 0.4) is 0 Å². The Morgan fingerprint density at radius 2 is 1.28 bits per heavy atom. The van der Waals surface area contributed by atoms with E-state index >= 15 is 0 Å². The number of hydrogen-bond acceptors (Lipinski definition) is 8. The molecule has 6 heterocycles. The van der Waals surface area contributed by atoms with E-state index in [1.54, 1.807) is 0 Å². The largest absolute Gasteiger partial charge is 0.453 e. The Morgan fingerprint density at radius 1 is 0.754 bits per heavy atom. The van der Waals surface area contributed by atoms with Gasteiger partial charge in [0.1, 0.15) is 45.5 Å². The lowest BCUT2D eigenvalue weighted by atomic mass is 9.90. The maximum Gasteiger partial charge on any atom is 0.407 e. The molecule has 0 bridgehead atoms. The molecule has 6 fully saturated rings. The number of H-pyrrole nitrogens is 2. The molecule has 298 valence electrons. The first-order chi connectivity index (χ1) is 27.7. The average molecular weight is 815 g/mol. The number of piperidine rings is 2. The molecule has 6 aliphatic rings. The Hall–Kier alpha value is -4.43. The molecule has 4 aromatic rings. The summed E-state index contributed by atoms with van der Waals surface area (Å²) in [7, 11) is 1.31. The molecule has 8 atom stereocenters. The third-order valence-electron chi connectivity index (χ3n) is 13.0. The number of ether oxygens (including phenoxy) is 3. The molecule has 0 unspecified atom stereocenters. The maximum absolute atomic E-state index is 14.2. The number of imidazole rings is 2. The van der Waals surface area contributed by atoms with E-state index < -0.39 is 12.1 Å². The van der Waals surface area contributed by atoms with Crippen LogP contribution < -0.4 is 5.32 Å². The van der Waals surface area contributed by atoms with Gasteiger partial charge in [-0.15, -0.1) is 0 Å². The van der Waals surface area contributed by atoms with E-state index in [1.807, 2.05) is 58.3 Å². The molecule has 13 nitrogen and oxygen atoms in total. The fraction of sp³-hybridized carbons (Fsp3) is 0.500. The quantitative estimate of drug-likeness (QED) is 0.162. The second-order valence-electron chi connectivity index (χ2n) is 16.4. The van der Waals surface area contributed by atoms with Crippen LogP contribution in [-0.4, -0.2) is 98.8 Å². The van der Waals surface area contributed by atoms with Gasteiger partial charge in [-0.25, -0.2) is 14.8 Å². The van der Waals surface area contributed by atoms with E-state index in [4.69, 9.17) is 47.4 Å². The van der Waals surface area contributed by atoms with Gasteiger partial charge in [-0.05, 0) is 80.2 Å². The second kappa shape index (κ2) is 14.7. The van der Waals surface area contributed by atoms with Gasteiger partial charge < -0.3 is 39.3 Å². The summed E-state index contributed by atoms with van der Waals surface area (Å²) < 4.78 is 16.2.